The minimum Gasteiger partial charge on any atom is -0.466 e. The molecule has 7 heteroatoms. The van der Waals surface area contributed by atoms with Crippen LogP contribution in [0.1, 0.15) is 19.4 Å². The molecule has 0 fully saturated rings. The van der Waals surface area contributed by atoms with Gasteiger partial charge in [0.05, 0.1) is 13.2 Å². The van der Waals surface area contributed by atoms with E-state index in [-0.39, 0.29) is 12.6 Å². The summed E-state index contributed by atoms with van der Waals surface area (Å²) in [7, 11) is 1.22. The molecule has 0 bridgehead atoms. The fourth-order valence-corrected chi connectivity index (χ4v) is 2.02. The van der Waals surface area contributed by atoms with Crippen molar-refractivity contribution < 1.29 is 23.9 Å². The lowest BCUT2D eigenvalue weighted by atomic mass is 10.1. The van der Waals surface area contributed by atoms with Crippen LogP contribution in [0.2, 0.25) is 0 Å². The van der Waals surface area contributed by atoms with Crippen LogP contribution in [0.25, 0.3) is 0 Å². The fourth-order valence-electron chi connectivity index (χ4n) is 2.02. The topological polar surface area (TPSA) is 93.7 Å². The molecule has 0 unspecified atom stereocenters. The molecule has 0 radical (unpaired) electrons. The van der Waals surface area contributed by atoms with Crippen molar-refractivity contribution in [3.63, 3.8) is 0 Å². The van der Waals surface area contributed by atoms with Crippen LogP contribution in [0.15, 0.2) is 42.5 Å². The molecular weight excluding hydrogens is 336 g/mol. The number of hydrogen-bond donors (Lipinski definition) is 2. The Morgan fingerprint density at radius 2 is 1.73 bits per heavy atom. The van der Waals surface area contributed by atoms with Gasteiger partial charge in [-0.15, -0.1) is 0 Å². The van der Waals surface area contributed by atoms with Crippen LogP contribution in [0, 0.1) is 5.92 Å². The molecule has 0 heterocycles. The summed E-state index contributed by atoms with van der Waals surface area (Å²) in [5, 5.41) is 5.58. The Labute approximate surface area is 153 Å². The fraction of sp³-hybridized carbons (Fsp3) is 0.421. The SMILES string of the molecule is COC(=O)/C=C/C(=O)OC[C@H](Cc1ccccc1)NC(=O)NCC(C)C. The highest BCUT2D eigenvalue weighted by molar-refractivity contribution is 5.91. The van der Waals surface area contributed by atoms with Crippen molar-refractivity contribution in [1.82, 2.24) is 10.6 Å². The summed E-state index contributed by atoms with van der Waals surface area (Å²) in [6, 6.07) is 8.84. The average Bonchev–Trinajstić information content (AvgIpc) is 2.63. The number of carbonyl (C=O) groups is 3. The van der Waals surface area contributed by atoms with E-state index in [9.17, 15) is 14.4 Å². The highest BCUT2D eigenvalue weighted by Gasteiger charge is 2.15. The molecule has 2 amide bonds. The Kier molecular flexibility index (Phi) is 9.53. The van der Waals surface area contributed by atoms with Gasteiger partial charge < -0.3 is 20.1 Å². The van der Waals surface area contributed by atoms with Crippen LogP contribution in [0.5, 0.6) is 0 Å². The molecule has 0 aliphatic rings. The van der Waals surface area contributed by atoms with Crippen molar-refractivity contribution in [3.05, 3.63) is 48.0 Å². The molecule has 0 spiro atoms. The standard InChI is InChI=1S/C19H26N2O5/c1-14(2)12-20-19(24)21-16(11-15-7-5-4-6-8-15)13-26-18(23)10-9-17(22)25-3/h4-10,14,16H,11-13H2,1-3H3,(H2,20,21,24)/b10-9+/t16-/m0/s1. The first-order valence-electron chi connectivity index (χ1n) is 8.41. The lowest BCUT2D eigenvalue weighted by molar-refractivity contribution is -0.139. The van der Waals surface area contributed by atoms with E-state index in [1.165, 1.54) is 7.11 Å². The smallest absolute Gasteiger partial charge is 0.331 e. The summed E-state index contributed by atoms with van der Waals surface area (Å²) >= 11 is 0. The summed E-state index contributed by atoms with van der Waals surface area (Å²) in [6.45, 7) is 4.52. The molecule has 0 aliphatic carbocycles. The van der Waals surface area contributed by atoms with E-state index in [1.54, 1.807) is 0 Å². The molecule has 0 saturated heterocycles. The Morgan fingerprint density at radius 1 is 1.08 bits per heavy atom. The zero-order valence-corrected chi connectivity index (χ0v) is 15.4. The first kappa shape index (κ1) is 21.2. The Morgan fingerprint density at radius 3 is 2.35 bits per heavy atom. The van der Waals surface area contributed by atoms with E-state index in [0.717, 1.165) is 17.7 Å². The number of carbonyl (C=O) groups excluding carboxylic acids is 3. The molecule has 1 atom stereocenters. The molecule has 1 aromatic carbocycles. The largest absolute Gasteiger partial charge is 0.466 e. The second-order valence-corrected chi connectivity index (χ2v) is 6.12. The highest BCUT2D eigenvalue weighted by Crippen LogP contribution is 2.04. The van der Waals surface area contributed by atoms with E-state index < -0.39 is 18.0 Å². The van der Waals surface area contributed by atoms with Crippen molar-refractivity contribution >= 4 is 18.0 Å². The predicted octanol–water partition coefficient (Wildman–Crippen LogP) is 1.83. The first-order valence-corrected chi connectivity index (χ1v) is 8.41. The van der Waals surface area contributed by atoms with Crippen LogP contribution < -0.4 is 10.6 Å². The molecule has 0 aliphatic heterocycles. The second kappa shape index (κ2) is 11.7. The van der Waals surface area contributed by atoms with Gasteiger partial charge in [0.1, 0.15) is 6.61 Å². The molecule has 26 heavy (non-hydrogen) atoms. The molecule has 1 rings (SSSR count). The number of nitrogens with one attached hydrogen (secondary N) is 2. The third-order valence-electron chi connectivity index (χ3n) is 3.31. The van der Waals surface area contributed by atoms with Crippen molar-refractivity contribution in [2.45, 2.75) is 26.3 Å². The maximum atomic E-state index is 12.0. The zero-order chi connectivity index (χ0) is 19.4. The van der Waals surface area contributed by atoms with Gasteiger partial charge in [-0.2, -0.15) is 0 Å². The van der Waals surface area contributed by atoms with Gasteiger partial charge in [0.25, 0.3) is 0 Å². The molecular formula is C19H26N2O5. The van der Waals surface area contributed by atoms with Gasteiger partial charge in [-0.05, 0) is 17.9 Å². The zero-order valence-electron chi connectivity index (χ0n) is 15.4. The van der Waals surface area contributed by atoms with Crippen molar-refractivity contribution in [2.24, 2.45) is 5.92 Å². The minimum atomic E-state index is -0.683. The number of hydrogen-bond acceptors (Lipinski definition) is 5. The van der Waals surface area contributed by atoms with E-state index in [2.05, 4.69) is 15.4 Å². The number of amides is 2. The molecule has 142 valence electrons. The van der Waals surface area contributed by atoms with Crippen LogP contribution in [-0.4, -0.2) is 44.3 Å². The Hall–Kier alpha value is -2.83. The number of esters is 2. The van der Waals surface area contributed by atoms with Gasteiger partial charge in [-0.1, -0.05) is 44.2 Å². The van der Waals surface area contributed by atoms with E-state index in [4.69, 9.17) is 4.74 Å². The van der Waals surface area contributed by atoms with Gasteiger partial charge in [0.15, 0.2) is 0 Å². The summed E-state index contributed by atoms with van der Waals surface area (Å²) < 4.78 is 9.53. The van der Waals surface area contributed by atoms with Crippen LogP contribution in [0.3, 0.4) is 0 Å². The van der Waals surface area contributed by atoms with Gasteiger partial charge in [-0.3, -0.25) is 0 Å². The third-order valence-corrected chi connectivity index (χ3v) is 3.31. The third kappa shape index (κ3) is 9.46. The van der Waals surface area contributed by atoms with E-state index in [0.29, 0.717) is 18.9 Å². The van der Waals surface area contributed by atoms with Gasteiger partial charge >= 0.3 is 18.0 Å². The maximum Gasteiger partial charge on any atom is 0.331 e. The minimum absolute atomic E-state index is 0.0195. The normalized spacial score (nSPS) is 11.8. The summed E-state index contributed by atoms with van der Waals surface area (Å²) in [4.78, 5) is 34.7. The van der Waals surface area contributed by atoms with Crippen molar-refractivity contribution in [2.75, 3.05) is 20.3 Å². The lowest BCUT2D eigenvalue weighted by Gasteiger charge is -2.19. The Balaban J connectivity index is 2.62. The summed E-state index contributed by atoms with van der Waals surface area (Å²) in [6.07, 6.45) is 2.48. The van der Waals surface area contributed by atoms with E-state index in [1.807, 2.05) is 44.2 Å². The van der Waals surface area contributed by atoms with Gasteiger partial charge in [0, 0.05) is 18.7 Å². The number of methoxy groups -OCH3 is 1. The van der Waals surface area contributed by atoms with Crippen LogP contribution in [-0.2, 0) is 25.5 Å². The molecule has 2 N–H and O–H groups in total. The summed E-state index contributed by atoms with van der Waals surface area (Å²) in [5.41, 5.74) is 1.00. The van der Waals surface area contributed by atoms with Gasteiger partial charge in [-0.25, -0.2) is 14.4 Å². The highest BCUT2D eigenvalue weighted by atomic mass is 16.5. The predicted molar refractivity (Wildman–Crippen MR) is 97.4 cm³/mol. The second-order valence-electron chi connectivity index (χ2n) is 6.12. The maximum absolute atomic E-state index is 12.0. The number of benzene rings is 1. The first-order chi connectivity index (χ1) is 12.4. The lowest BCUT2D eigenvalue weighted by Crippen LogP contribution is -2.46. The van der Waals surface area contributed by atoms with Crippen molar-refractivity contribution in [1.29, 1.82) is 0 Å². The van der Waals surface area contributed by atoms with Crippen molar-refractivity contribution in [3.8, 4) is 0 Å². The monoisotopic (exact) mass is 362 g/mol. The summed E-state index contributed by atoms with van der Waals surface area (Å²) in [5.74, 6) is -0.999. The number of rotatable bonds is 9. The van der Waals surface area contributed by atoms with Crippen LogP contribution in [0.4, 0.5) is 4.79 Å². The molecule has 1 aromatic rings. The number of urea groups is 1. The molecule has 0 saturated carbocycles. The quantitative estimate of drug-likeness (QED) is 0.516. The average molecular weight is 362 g/mol. The van der Waals surface area contributed by atoms with E-state index >= 15 is 0 Å². The van der Waals surface area contributed by atoms with Crippen LogP contribution >= 0.6 is 0 Å². The Bertz CT molecular complexity index is 614. The van der Waals surface area contributed by atoms with Gasteiger partial charge in [0.2, 0.25) is 0 Å². The number of ether oxygens (including phenoxy) is 2. The molecule has 0 aromatic heterocycles. The molecule has 7 nitrogen and oxygen atoms in total.